The summed E-state index contributed by atoms with van der Waals surface area (Å²) in [5, 5.41) is 3.29. The molecule has 116 valence electrons. The van der Waals surface area contributed by atoms with Gasteiger partial charge in [-0.1, -0.05) is 26.0 Å². The zero-order chi connectivity index (χ0) is 15.4. The largest absolute Gasteiger partial charge is 0.435 e. The number of amides is 1. The lowest BCUT2D eigenvalue weighted by molar-refractivity contribution is -0.130. The van der Waals surface area contributed by atoms with Gasteiger partial charge in [0, 0.05) is 6.54 Å². The zero-order valence-corrected chi connectivity index (χ0v) is 12.2. The van der Waals surface area contributed by atoms with Crippen molar-refractivity contribution in [3.63, 3.8) is 0 Å². The predicted octanol–water partition coefficient (Wildman–Crippen LogP) is 2.91. The summed E-state index contributed by atoms with van der Waals surface area (Å²) in [6.45, 7) is 1.82. The number of halogens is 2. The summed E-state index contributed by atoms with van der Waals surface area (Å²) < 4.78 is 28.6. The molecule has 0 aliphatic carbocycles. The van der Waals surface area contributed by atoms with Crippen LogP contribution in [-0.4, -0.2) is 30.0 Å². The number of benzene rings is 1. The Kier molecular flexibility index (Phi) is 5.12. The van der Waals surface area contributed by atoms with Crippen molar-refractivity contribution in [3.05, 3.63) is 29.8 Å². The summed E-state index contributed by atoms with van der Waals surface area (Å²) in [6, 6.07) is 6.24. The first-order chi connectivity index (χ1) is 10.1. The van der Waals surface area contributed by atoms with Gasteiger partial charge >= 0.3 is 6.61 Å². The molecule has 1 amide bonds. The third-order valence-electron chi connectivity index (χ3n) is 3.55. The normalized spacial score (nSPS) is 22.1. The van der Waals surface area contributed by atoms with Crippen molar-refractivity contribution in [2.45, 2.75) is 45.5 Å². The molecule has 1 aliphatic rings. The Bertz CT molecular complexity index is 479. The molecular weight excluding hydrogens is 278 g/mol. The van der Waals surface area contributed by atoms with Crippen LogP contribution in [-0.2, 0) is 4.79 Å². The van der Waals surface area contributed by atoms with Crippen LogP contribution in [0.3, 0.4) is 0 Å². The maximum atomic E-state index is 12.3. The second kappa shape index (κ2) is 6.85. The van der Waals surface area contributed by atoms with Gasteiger partial charge in [0.2, 0.25) is 5.91 Å². The Morgan fingerprint density at radius 3 is 2.48 bits per heavy atom. The van der Waals surface area contributed by atoms with Crippen molar-refractivity contribution in [1.82, 2.24) is 10.2 Å². The Morgan fingerprint density at radius 1 is 1.29 bits per heavy atom. The van der Waals surface area contributed by atoms with E-state index in [1.807, 2.05) is 13.8 Å². The van der Waals surface area contributed by atoms with Crippen molar-refractivity contribution in [3.8, 4) is 5.75 Å². The molecule has 0 radical (unpaired) electrons. The molecule has 6 heteroatoms. The van der Waals surface area contributed by atoms with Gasteiger partial charge in [0.25, 0.3) is 0 Å². The van der Waals surface area contributed by atoms with Crippen LogP contribution in [0.5, 0.6) is 5.75 Å². The van der Waals surface area contributed by atoms with E-state index in [9.17, 15) is 13.6 Å². The van der Waals surface area contributed by atoms with E-state index in [-0.39, 0.29) is 23.9 Å². The molecule has 1 fully saturated rings. The Balaban J connectivity index is 2.17. The van der Waals surface area contributed by atoms with E-state index < -0.39 is 6.61 Å². The molecule has 1 heterocycles. The molecule has 4 nitrogen and oxygen atoms in total. The van der Waals surface area contributed by atoms with E-state index in [0.717, 1.165) is 18.4 Å². The highest BCUT2D eigenvalue weighted by atomic mass is 19.3. The van der Waals surface area contributed by atoms with Gasteiger partial charge in [0.15, 0.2) is 0 Å². The second-order valence-corrected chi connectivity index (χ2v) is 5.01. The molecule has 0 bridgehead atoms. The minimum atomic E-state index is -2.83. The quantitative estimate of drug-likeness (QED) is 0.878. The molecule has 2 unspecified atom stereocenters. The highest BCUT2D eigenvalue weighted by Gasteiger charge is 2.37. The van der Waals surface area contributed by atoms with E-state index in [1.165, 1.54) is 12.1 Å². The molecule has 0 aromatic heterocycles. The Hall–Kier alpha value is -1.69. The summed E-state index contributed by atoms with van der Waals surface area (Å²) in [6.07, 6.45) is 1.39. The van der Waals surface area contributed by atoms with Gasteiger partial charge in [-0.25, -0.2) is 0 Å². The van der Waals surface area contributed by atoms with Crippen molar-refractivity contribution >= 4 is 5.91 Å². The number of carbonyl (C=O) groups excluding carboxylic acids is 1. The number of ether oxygens (including phenoxy) is 1. The van der Waals surface area contributed by atoms with Crippen molar-refractivity contribution in [2.24, 2.45) is 0 Å². The summed E-state index contributed by atoms with van der Waals surface area (Å²) >= 11 is 0. The van der Waals surface area contributed by atoms with Crippen LogP contribution in [0.1, 0.15) is 38.4 Å². The molecule has 1 aromatic carbocycles. The first kappa shape index (κ1) is 15.7. The predicted molar refractivity (Wildman–Crippen MR) is 75.0 cm³/mol. The fourth-order valence-electron chi connectivity index (χ4n) is 2.56. The number of hydrogen-bond donors (Lipinski definition) is 1. The highest BCUT2D eigenvalue weighted by Crippen LogP contribution is 2.28. The lowest BCUT2D eigenvalue weighted by Gasteiger charge is -2.24. The molecule has 2 atom stereocenters. The van der Waals surface area contributed by atoms with Crippen LogP contribution >= 0.6 is 0 Å². The van der Waals surface area contributed by atoms with Crippen LogP contribution in [0.25, 0.3) is 0 Å². The summed E-state index contributed by atoms with van der Waals surface area (Å²) in [5.74, 6) is 0.212. The lowest BCUT2D eigenvalue weighted by atomic mass is 10.1. The number of nitrogens with zero attached hydrogens (tertiary/aromatic N) is 1. The van der Waals surface area contributed by atoms with Crippen LogP contribution in [0.4, 0.5) is 8.78 Å². The topological polar surface area (TPSA) is 41.6 Å². The molecule has 1 aromatic rings. The molecular formula is C15H20F2N2O2. The lowest BCUT2D eigenvalue weighted by Crippen LogP contribution is -2.31. The van der Waals surface area contributed by atoms with Gasteiger partial charge in [-0.05, 0) is 30.5 Å². The maximum absolute atomic E-state index is 12.3. The molecule has 21 heavy (non-hydrogen) atoms. The first-order valence-electron chi connectivity index (χ1n) is 7.18. The van der Waals surface area contributed by atoms with Crippen LogP contribution < -0.4 is 10.1 Å². The molecule has 1 aliphatic heterocycles. The van der Waals surface area contributed by atoms with Crippen molar-refractivity contribution in [1.29, 1.82) is 0 Å². The minimum Gasteiger partial charge on any atom is -0.435 e. The van der Waals surface area contributed by atoms with Gasteiger partial charge < -0.3 is 9.64 Å². The molecule has 0 saturated carbocycles. The van der Waals surface area contributed by atoms with Crippen molar-refractivity contribution in [2.75, 3.05) is 6.54 Å². The standard InChI is InChI=1S/C15H20F2N2O2/c1-3-9-19-13(18-12(4-2)14(19)20)10-5-7-11(8-6-10)21-15(16)17/h5-8,12-13,15,18H,3-4,9H2,1-2H3. The van der Waals surface area contributed by atoms with E-state index >= 15 is 0 Å². The third-order valence-corrected chi connectivity index (χ3v) is 3.55. The smallest absolute Gasteiger partial charge is 0.387 e. The van der Waals surface area contributed by atoms with Crippen LogP contribution in [0.2, 0.25) is 0 Å². The first-order valence-corrected chi connectivity index (χ1v) is 7.18. The molecule has 1 N–H and O–H groups in total. The Labute approximate surface area is 123 Å². The SMILES string of the molecule is CCCN1C(=O)C(CC)NC1c1ccc(OC(F)F)cc1. The average Bonchev–Trinajstić information content (AvgIpc) is 2.77. The number of hydrogen-bond acceptors (Lipinski definition) is 3. The number of rotatable bonds is 6. The van der Waals surface area contributed by atoms with E-state index in [0.29, 0.717) is 6.54 Å². The highest BCUT2D eigenvalue weighted by molar-refractivity contribution is 5.84. The van der Waals surface area contributed by atoms with Gasteiger partial charge in [-0.3, -0.25) is 10.1 Å². The summed E-state index contributed by atoms with van der Waals surface area (Å²) in [5.41, 5.74) is 0.870. The number of alkyl halides is 2. The fourth-order valence-corrected chi connectivity index (χ4v) is 2.56. The molecule has 1 saturated heterocycles. The van der Waals surface area contributed by atoms with Crippen molar-refractivity contribution < 1.29 is 18.3 Å². The van der Waals surface area contributed by atoms with Gasteiger partial charge in [0.1, 0.15) is 11.9 Å². The maximum Gasteiger partial charge on any atom is 0.387 e. The van der Waals surface area contributed by atoms with E-state index in [4.69, 9.17) is 0 Å². The van der Waals surface area contributed by atoms with E-state index in [2.05, 4.69) is 10.1 Å². The summed E-state index contributed by atoms with van der Waals surface area (Å²) in [7, 11) is 0. The van der Waals surface area contributed by atoms with Crippen LogP contribution in [0.15, 0.2) is 24.3 Å². The summed E-state index contributed by atoms with van der Waals surface area (Å²) in [4.78, 5) is 14.1. The number of nitrogens with one attached hydrogen (secondary N) is 1. The van der Waals surface area contributed by atoms with Gasteiger partial charge in [-0.2, -0.15) is 8.78 Å². The van der Waals surface area contributed by atoms with E-state index in [1.54, 1.807) is 17.0 Å². The Morgan fingerprint density at radius 2 is 1.95 bits per heavy atom. The zero-order valence-electron chi connectivity index (χ0n) is 12.2. The second-order valence-electron chi connectivity index (χ2n) is 5.01. The van der Waals surface area contributed by atoms with Gasteiger partial charge in [-0.15, -0.1) is 0 Å². The molecule has 2 rings (SSSR count). The average molecular weight is 298 g/mol. The fraction of sp³-hybridized carbons (Fsp3) is 0.533. The monoisotopic (exact) mass is 298 g/mol. The molecule has 0 spiro atoms. The third kappa shape index (κ3) is 3.50. The van der Waals surface area contributed by atoms with Crippen LogP contribution in [0, 0.1) is 0 Å². The van der Waals surface area contributed by atoms with Gasteiger partial charge in [0.05, 0.1) is 6.04 Å². The minimum absolute atomic E-state index is 0.0947. The number of carbonyl (C=O) groups is 1.